The fourth-order valence-electron chi connectivity index (χ4n) is 2.28. The lowest BCUT2D eigenvalue weighted by Crippen LogP contribution is -2.27. The van der Waals surface area contributed by atoms with Gasteiger partial charge in [0.15, 0.2) is 0 Å². The summed E-state index contributed by atoms with van der Waals surface area (Å²) in [4.78, 5) is 19.0. The number of amides is 1. The maximum atomic E-state index is 12.7. The van der Waals surface area contributed by atoms with Crippen LogP contribution in [0, 0.1) is 13.8 Å². The molecular weight excluding hydrogens is 300 g/mol. The molecule has 2 aromatic rings. The molecule has 1 aliphatic heterocycles. The van der Waals surface area contributed by atoms with E-state index in [2.05, 4.69) is 4.98 Å². The van der Waals surface area contributed by atoms with E-state index in [1.807, 2.05) is 54.5 Å². The average Bonchev–Trinajstić information content (AvgIpc) is 3.08. The van der Waals surface area contributed by atoms with E-state index in [1.165, 1.54) is 0 Å². The van der Waals surface area contributed by atoms with Gasteiger partial charge in [-0.05, 0) is 31.6 Å². The van der Waals surface area contributed by atoms with Crippen molar-refractivity contribution in [2.24, 2.45) is 0 Å². The summed E-state index contributed by atoms with van der Waals surface area (Å²) in [7, 11) is 0. The van der Waals surface area contributed by atoms with E-state index in [-0.39, 0.29) is 5.91 Å². The van der Waals surface area contributed by atoms with Gasteiger partial charge >= 0.3 is 0 Å². The largest absolute Gasteiger partial charge is 0.302 e. The standard InChI is InChI=1S/C16H16N2OS2/c1-11-5-3-4-6-14(11)16(19)18-7-8-20-15(18)9-13-10-21-12(2)17-13/h3-6,9-10H,7-8H2,1-2H3/b15-9+. The summed E-state index contributed by atoms with van der Waals surface area (Å²) >= 11 is 3.34. The SMILES string of the molecule is Cc1nc(/C=C2/SCCN2C(=O)c2ccccc2C)cs1. The van der Waals surface area contributed by atoms with Crippen molar-refractivity contribution in [3.8, 4) is 0 Å². The number of thiazole rings is 1. The molecule has 1 aliphatic rings. The first-order valence-electron chi connectivity index (χ1n) is 6.79. The number of thioether (sulfide) groups is 1. The summed E-state index contributed by atoms with van der Waals surface area (Å²) in [5.41, 5.74) is 2.73. The second kappa shape index (κ2) is 6.03. The zero-order valence-corrected chi connectivity index (χ0v) is 13.6. The zero-order chi connectivity index (χ0) is 14.8. The number of aryl methyl sites for hydroxylation is 2. The van der Waals surface area contributed by atoms with Crippen molar-refractivity contribution >= 4 is 35.1 Å². The average molecular weight is 316 g/mol. The topological polar surface area (TPSA) is 33.2 Å². The Balaban J connectivity index is 1.89. The second-order valence-corrected chi connectivity index (χ2v) is 7.07. The van der Waals surface area contributed by atoms with Gasteiger partial charge in [-0.2, -0.15) is 0 Å². The summed E-state index contributed by atoms with van der Waals surface area (Å²) in [6, 6.07) is 7.74. The Labute approximate surface area is 132 Å². The molecule has 3 nitrogen and oxygen atoms in total. The predicted molar refractivity (Wildman–Crippen MR) is 89.5 cm³/mol. The maximum absolute atomic E-state index is 12.7. The fourth-order valence-corrected chi connectivity index (χ4v) is 3.87. The van der Waals surface area contributed by atoms with Crippen molar-refractivity contribution in [2.45, 2.75) is 13.8 Å². The quantitative estimate of drug-likeness (QED) is 0.841. The summed E-state index contributed by atoms with van der Waals surface area (Å²) in [5.74, 6) is 1.02. The van der Waals surface area contributed by atoms with E-state index in [4.69, 9.17) is 0 Å². The van der Waals surface area contributed by atoms with Gasteiger partial charge in [0.2, 0.25) is 0 Å². The van der Waals surface area contributed by atoms with Gasteiger partial charge < -0.3 is 4.90 Å². The van der Waals surface area contributed by atoms with Gasteiger partial charge in [-0.3, -0.25) is 4.79 Å². The van der Waals surface area contributed by atoms with Crippen LogP contribution in [0.1, 0.15) is 26.6 Å². The Morgan fingerprint density at radius 2 is 2.14 bits per heavy atom. The van der Waals surface area contributed by atoms with Gasteiger partial charge in [-0.25, -0.2) is 4.98 Å². The Morgan fingerprint density at radius 1 is 1.33 bits per heavy atom. The number of hydrogen-bond acceptors (Lipinski definition) is 4. The van der Waals surface area contributed by atoms with Crippen LogP contribution in [0.2, 0.25) is 0 Å². The summed E-state index contributed by atoms with van der Waals surface area (Å²) < 4.78 is 0. The summed E-state index contributed by atoms with van der Waals surface area (Å²) in [6.45, 7) is 4.72. The Morgan fingerprint density at radius 3 is 2.86 bits per heavy atom. The van der Waals surface area contributed by atoms with Gasteiger partial charge in [-0.15, -0.1) is 23.1 Å². The van der Waals surface area contributed by atoms with Crippen molar-refractivity contribution in [3.05, 3.63) is 56.5 Å². The van der Waals surface area contributed by atoms with E-state index >= 15 is 0 Å². The Kier molecular flexibility index (Phi) is 4.12. The van der Waals surface area contributed by atoms with Crippen LogP contribution in [-0.2, 0) is 0 Å². The maximum Gasteiger partial charge on any atom is 0.258 e. The molecule has 0 spiro atoms. The first kappa shape index (κ1) is 14.4. The van der Waals surface area contributed by atoms with Crippen LogP contribution >= 0.6 is 23.1 Å². The van der Waals surface area contributed by atoms with Gasteiger partial charge in [0.05, 0.1) is 15.7 Å². The number of rotatable bonds is 2. The monoisotopic (exact) mass is 316 g/mol. The van der Waals surface area contributed by atoms with Gasteiger partial charge in [0.1, 0.15) is 0 Å². The number of nitrogens with zero attached hydrogens (tertiary/aromatic N) is 2. The summed E-state index contributed by atoms with van der Waals surface area (Å²) in [5, 5.41) is 4.06. The molecule has 1 aromatic heterocycles. The third-order valence-corrected chi connectivity index (χ3v) is 5.17. The highest BCUT2D eigenvalue weighted by molar-refractivity contribution is 8.03. The lowest BCUT2D eigenvalue weighted by atomic mass is 10.1. The minimum Gasteiger partial charge on any atom is -0.302 e. The van der Waals surface area contributed by atoms with Crippen molar-refractivity contribution in [1.29, 1.82) is 0 Å². The van der Waals surface area contributed by atoms with Crippen LogP contribution in [0.4, 0.5) is 0 Å². The zero-order valence-electron chi connectivity index (χ0n) is 12.0. The molecule has 0 aliphatic carbocycles. The lowest BCUT2D eigenvalue weighted by molar-refractivity contribution is 0.0830. The highest BCUT2D eigenvalue weighted by Gasteiger charge is 2.26. The fraction of sp³-hybridized carbons (Fsp3) is 0.250. The Hall–Kier alpha value is -1.59. The third kappa shape index (κ3) is 3.04. The molecule has 1 aromatic carbocycles. The molecular formula is C16H16N2OS2. The van der Waals surface area contributed by atoms with Crippen LogP contribution in [0.25, 0.3) is 6.08 Å². The molecule has 21 heavy (non-hydrogen) atoms. The van der Waals surface area contributed by atoms with Gasteiger partial charge in [-0.1, -0.05) is 18.2 Å². The second-order valence-electron chi connectivity index (χ2n) is 4.89. The number of aromatic nitrogens is 1. The van der Waals surface area contributed by atoms with E-state index in [9.17, 15) is 4.79 Å². The van der Waals surface area contributed by atoms with Gasteiger partial charge in [0, 0.05) is 23.2 Å². The predicted octanol–water partition coefficient (Wildman–Crippen LogP) is 3.95. The lowest BCUT2D eigenvalue weighted by Gasteiger charge is -2.18. The smallest absolute Gasteiger partial charge is 0.258 e. The molecule has 0 unspecified atom stereocenters. The number of carbonyl (C=O) groups excluding carboxylic acids is 1. The molecule has 0 bridgehead atoms. The molecule has 1 fully saturated rings. The number of benzene rings is 1. The van der Waals surface area contributed by atoms with Gasteiger partial charge in [0.25, 0.3) is 5.91 Å². The summed E-state index contributed by atoms with van der Waals surface area (Å²) in [6.07, 6.45) is 2.01. The van der Waals surface area contributed by atoms with Crippen LogP contribution in [0.15, 0.2) is 34.7 Å². The first-order chi connectivity index (χ1) is 10.1. The van der Waals surface area contributed by atoms with E-state index in [1.54, 1.807) is 23.1 Å². The van der Waals surface area contributed by atoms with Crippen molar-refractivity contribution in [2.75, 3.05) is 12.3 Å². The molecule has 1 amide bonds. The molecule has 5 heteroatoms. The minimum absolute atomic E-state index is 0.0799. The Bertz CT molecular complexity index is 706. The van der Waals surface area contributed by atoms with Crippen LogP contribution in [0.5, 0.6) is 0 Å². The molecule has 108 valence electrons. The number of carbonyl (C=O) groups is 1. The van der Waals surface area contributed by atoms with E-state index in [0.29, 0.717) is 0 Å². The van der Waals surface area contributed by atoms with Crippen molar-refractivity contribution in [1.82, 2.24) is 9.88 Å². The van der Waals surface area contributed by atoms with Crippen molar-refractivity contribution < 1.29 is 4.79 Å². The minimum atomic E-state index is 0.0799. The molecule has 0 N–H and O–H groups in total. The molecule has 2 heterocycles. The third-order valence-electron chi connectivity index (χ3n) is 3.36. The van der Waals surface area contributed by atoms with E-state index < -0.39 is 0 Å². The van der Waals surface area contributed by atoms with Crippen LogP contribution < -0.4 is 0 Å². The molecule has 3 rings (SSSR count). The normalized spacial score (nSPS) is 16.7. The highest BCUT2D eigenvalue weighted by atomic mass is 32.2. The van der Waals surface area contributed by atoms with E-state index in [0.717, 1.165) is 39.2 Å². The molecule has 0 atom stereocenters. The highest BCUT2D eigenvalue weighted by Crippen LogP contribution is 2.31. The molecule has 0 radical (unpaired) electrons. The van der Waals surface area contributed by atoms with Crippen LogP contribution in [0.3, 0.4) is 0 Å². The first-order valence-corrected chi connectivity index (χ1v) is 8.66. The number of hydrogen-bond donors (Lipinski definition) is 0. The van der Waals surface area contributed by atoms with Crippen molar-refractivity contribution in [3.63, 3.8) is 0 Å². The van der Waals surface area contributed by atoms with Crippen LogP contribution in [-0.4, -0.2) is 28.1 Å². The molecule has 1 saturated heterocycles. The molecule has 0 saturated carbocycles.